The summed E-state index contributed by atoms with van der Waals surface area (Å²) in [6, 6.07) is 2.39. The molecule has 0 radical (unpaired) electrons. The van der Waals surface area contributed by atoms with E-state index < -0.39 is 0 Å². The SMILES string of the molecule is [2H]c1ccc(C(C)=O)c([2H])c1[2H]. The fourth-order valence-corrected chi connectivity index (χ4v) is 0.517. The fraction of sp³-hybridized carbons (Fsp3) is 0.125. The van der Waals surface area contributed by atoms with Crippen molar-refractivity contribution in [3.63, 3.8) is 0 Å². The van der Waals surface area contributed by atoms with Gasteiger partial charge in [0.05, 0.1) is 4.11 Å². The molecule has 0 saturated heterocycles. The maximum atomic E-state index is 10.9. The molecule has 1 rings (SSSR count). The van der Waals surface area contributed by atoms with E-state index in [2.05, 4.69) is 0 Å². The van der Waals surface area contributed by atoms with Crippen molar-refractivity contribution in [1.82, 2.24) is 0 Å². The topological polar surface area (TPSA) is 17.1 Å². The van der Waals surface area contributed by atoms with Crippen LogP contribution in [-0.2, 0) is 0 Å². The highest BCUT2D eigenvalue weighted by molar-refractivity contribution is 5.93. The first-order valence-electron chi connectivity index (χ1n) is 4.11. The van der Waals surface area contributed by atoms with Gasteiger partial charge in [0.1, 0.15) is 0 Å². The Morgan fingerprint density at radius 2 is 2.44 bits per heavy atom. The van der Waals surface area contributed by atoms with E-state index >= 15 is 0 Å². The van der Waals surface area contributed by atoms with Gasteiger partial charge in [0.25, 0.3) is 0 Å². The zero-order chi connectivity index (χ0) is 9.30. The molecule has 1 heteroatoms. The van der Waals surface area contributed by atoms with Crippen LogP contribution in [0.3, 0.4) is 0 Å². The maximum absolute atomic E-state index is 10.9. The minimum absolute atomic E-state index is 0.0231. The second kappa shape index (κ2) is 2.44. The summed E-state index contributed by atoms with van der Waals surface area (Å²) in [5.74, 6) is -0.242. The molecule has 0 bridgehead atoms. The van der Waals surface area contributed by atoms with Crippen molar-refractivity contribution in [3.05, 3.63) is 35.8 Å². The van der Waals surface area contributed by atoms with Gasteiger partial charge >= 0.3 is 0 Å². The number of hydrogen-bond donors (Lipinski definition) is 0. The number of ketones is 1. The number of rotatable bonds is 1. The van der Waals surface area contributed by atoms with E-state index in [0.29, 0.717) is 0 Å². The molecule has 0 fully saturated rings. The van der Waals surface area contributed by atoms with Crippen LogP contribution in [0.5, 0.6) is 0 Å². The van der Waals surface area contributed by atoms with Crippen molar-refractivity contribution >= 4 is 5.78 Å². The lowest BCUT2D eigenvalue weighted by Gasteiger charge is -1.89. The van der Waals surface area contributed by atoms with E-state index in [1.54, 1.807) is 0 Å². The van der Waals surface area contributed by atoms with Crippen LogP contribution < -0.4 is 0 Å². The van der Waals surface area contributed by atoms with E-state index in [1.807, 2.05) is 0 Å². The fourth-order valence-electron chi connectivity index (χ4n) is 0.517. The quantitative estimate of drug-likeness (QED) is 0.521. The monoisotopic (exact) mass is 123 g/mol. The molecule has 0 heterocycles. The summed E-state index contributed by atoms with van der Waals surface area (Å²) >= 11 is 0. The lowest BCUT2D eigenvalue weighted by atomic mass is 10.2. The smallest absolute Gasteiger partial charge is 0.159 e. The van der Waals surface area contributed by atoms with E-state index in [4.69, 9.17) is 4.11 Å². The van der Waals surface area contributed by atoms with Crippen molar-refractivity contribution in [1.29, 1.82) is 0 Å². The van der Waals surface area contributed by atoms with E-state index in [9.17, 15) is 4.79 Å². The zero-order valence-corrected chi connectivity index (χ0v) is 5.06. The van der Waals surface area contributed by atoms with Gasteiger partial charge in [-0.3, -0.25) is 4.79 Å². The summed E-state index contributed by atoms with van der Waals surface area (Å²) < 4.78 is 21.8. The molecule has 0 aromatic heterocycles. The highest BCUT2D eigenvalue weighted by atomic mass is 16.1. The molecule has 1 aromatic rings. The molecule has 0 aliphatic carbocycles. The van der Waals surface area contributed by atoms with Gasteiger partial charge in [-0.25, -0.2) is 0 Å². The molecule has 0 aliphatic rings. The highest BCUT2D eigenvalue weighted by Crippen LogP contribution is 1.97. The Morgan fingerprint density at radius 3 is 3.11 bits per heavy atom. The van der Waals surface area contributed by atoms with Crippen molar-refractivity contribution in [2.24, 2.45) is 0 Å². The number of Topliss-reactive ketones (excluding diaryl/α,β-unsaturated/α-hetero) is 1. The Bertz CT molecular complexity index is 333. The molecule has 0 atom stereocenters. The summed E-state index contributed by atoms with van der Waals surface area (Å²) in [5, 5.41) is 0. The van der Waals surface area contributed by atoms with E-state index in [0.717, 1.165) is 0 Å². The van der Waals surface area contributed by atoms with Crippen LogP contribution in [0.2, 0.25) is 0 Å². The standard InChI is InChI=1S/C8H8O/c1-7(9)8-5-3-2-4-6-8/h2-6H,1H3/i2D,3D,5D. The molecule has 1 nitrogen and oxygen atoms in total. The molecule has 46 valence electrons. The Kier molecular flexibility index (Phi) is 0.858. The predicted octanol–water partition coefficient (Wildman–Crippen LogP) is 1.89. The van der Waals surface area contributed by atoms with Gasteiger partial charge in [-0.05, 0) is 6.92 Å². The lowest BCUT2D eigenvalue weighted by Crippen LogP contribution is -1.88. The van der Waals surface area contributed by atoms with Crippen LogP contribution >= 0.6 is 0 Å². The average Bonchev–Trinajstić information content (AvgIpc) is 2.00. The van der Waals surface area contributed by atoms with Gasteiger partial charge in [-0.1, -0.05) is 30.3 Å². The largest absolute Gasteiger partial charge is 0.295 e. The normalized spacial score (nSPS) is 13.7. The van der Waals surface area contributed by atoms with Crippen molar-refractivity contribution < 1.29 is 8.91 Å². The third kappa shape index (κ3) is 1.39. The molecule has 0 aliphatic heterocycles. The molecule has 9 heavy (non-hydrogen) atoms. The molecule has 0 N–H and O–H groups in total. The van der Waals surface area contributed by atoms with Crippen LogP contribution in [0.25, 0.3) is 0 Å². The van der Waals surface area contributed by atoms with Crippen molar-refractivity contribution in [3.8, 4) is 0 Å². The molecule has 0 saturated carbocycles. The lowest BCUT2D eigenvalue weighted by molar-refractivity contribution is 0.101. The zero-order valence-electron chi connectivity index (χ0n) is 8.06. The third-order valence-electron chi connectivity index (χ3n) is 0.982. The molecular formula is C8H8O. The first kappa shape index (κ1) is 3.16. The molecule has 0 spiro atoms. The Labute approximate surface area is 58.5 Å². The van der Waals surface area contributed by atoms with Gasteiger partial charge in [-0.15, -0.1) is 0 Å². The number of benzene rings is 1. The molecule has 0 unspecified atom stereocenters. The van der Waals surface area contributed by atoms with Crippen molar-refractivity contribution in [2.45, 2.75) is 6.92 Å². The number of hydrogen-bond acceptors (Lipinski definition) is 1. The van der Waals surface area contributed by atoms with Crippen LogP contribution in [0.1, 0.15) is 21.4 Å². The first-order valence-corrected chi connectivity index (χ1v) is 2.61. The Balaban J connectivity index is 3.36. The summed E-state index contributed by atoms with van der Waals surface area (Å²) in [6.07, 6.45) is 0. The Morgan fingerprint density at radius 1 is 1.67 bits per heavy atom. The predicted molar refractivity (Wildman–Crippen MR) is 36.4 cm³/mol. The summed E-state index contributed by atoms with van der Waals surface area (Å²) in [6.45, 7) is 1.34. The molecular weight excluding hydrogens is 112 g/mol. The van der Waals surface area contributed by atoms with Gasteiger partial charge in [0.15, 0.2) is 5.78 Å². The summed E-state index contributed by atoms with van der Waals surface area (Å²) in [5.41, 5.74) is 0.205. The first-order chi connectivity index (χ1) is 5.54. The van der Waals surface area contributed by atoms with Gasteiger partial charge < -0.3 is 0 Å². The Hall–Kier alpha value is -1.11. The van der Waals surface area contributed by atoms with Crippen LogP contribution in [0.15, 0.2) is 30.3 Å². The highest BCUT2D eigenvalue weighted by Gasteiger charge is 1.92. The van der Waals surface area contributed by atoms with Crippen LogP contribution in [0, 0.1) is 0 Å². The van der Waals surface area contributed by atoms with Crippen LogP contribution in [0.4, 0.5) is 0 Å². The second-order valence-electron chi connectivity index (χ2n) is 1.70. The summed E-state index contributed by atoms with van der Waals surface area (Å²) in [4.78, 5) is 10.9. The number of carbonyl (C=O) groups is 1. The number of carbonyl (C=O) groups excluding carboxylic acids is 1. The third-order valence-corrected chi connectivity index (χ3v) is 0.982. The molecule has 1 aromatic carbocycles. The second-order valence-corrected chi connectivity index (χ2v) is 1.70. The van der Waals surface area contributed by atoms with Crippen molar-refractivity contribution in [2.75, 3.05) is 0 Å². The van der Waals surface area contributed by atoms with Crippen LogP contribution in [-0.4, -0.2) is 5.78 Å². The van der Waals surface area contributed by atoms with Gasteiger partial charge in [0, 0.05) is 5.56 Å². The molecule has 0 amide bonds. The van der Waals surface area contributed by atoms with Gasteiger partial charge in [-0.2, -0.15) is 0 Å². The maximum Gasteiger partial charge on any atom is 0.159 e. The average molecular weight is 123 g/mol. The minimum Gasteiger partial charge on any atom is -0.295 e. The minimum atomic E-state index is -0.242. The van der Waals surface area contributed by atoms with E-state index in [-0.39, 0.29) is 29.5 Å². The van der Waals surface area contributed by atoms with E-state index in [1.165, 1.54) is 19.1 Å². The van der Waals surface area contributed by atoms with Gasteiger partial charge in [0.2, 0.25) is 0 Å². The summed E-state index contributed by atoms with van der Waals surface area (Å²) in [7, 11) is 0.